The monoisotopic (exact) mass is 520 g/mol. The smallest absolute Gasteiger partial charge is 0.358 e. The first-order valence-corrected chi connectivity index (χ1v) is 11.2. The number of hydrogen-bond donors (Lipinski definition) is 1. The standard InChI is InChI=1S/C26H21BrN2O5/c1-17-23(28-25(34-17)20-5-3-2-4-6-20)16-32-22-13-7-18(8-14-22)15-33-29-24(26(30)31)19-9-11-21(27)12-10-19/h2-14H,15-16H2,1H3,(H,30,31). The van der Waals surface area contributed by atoms with Gasteiger partial charge in [0.15, 0.2) is 5.71 Å². The van der Waals surface area contributed by atoms with Gasteiger partial charge in [-0.15, -0.1) is 0 Å². The van der Waals surface area contributed by atoms with Gasteiger partial charge in [0.25, 0.3) is 0 Å². The fourth-order valence-corrected chi connectivity index (χ4v) is 3.36. The van der Waals surface area contributed by atoms with E-state index in [0.29, 0.717) is 23.0 Å². The van der Waals surface area contributed by atoms with Crippen molar-refractivity contribution < 1.29 is 23.9 Å². The highest BCUT2D eigenvalue weighted by Crippen LogP contribution is 2.23. The van der Waals surface area contributed by atoms with Crippen LogP contribution in [0.15, 0.2) is 92.9 Å². The topological polar surface area (TPSA) is 94.2 Å². The average Bonchev–Trinajstić information content (AvgIpc) is 3.23. The van der Waals surface area contributed by atoms with Gasteiger partial charge in [-0.05, 0) is 48.9 Å². The molecule has 0 fully saturated rings. The maximum Gasteiger partial charge on any atom is 0.358 e. The van der Waals surface area contributed by atoms with E-state index in [0.717, 1.165) is 21.3 Å². The predicted molar refractivity (Wildman–Crippen MR) is 131 cm³/mol. The van der Waals surface area contributed by atoms with Crippen LogP contribution >= 0.6 is 15.9 Å². The molecule has 0 saturated carbocycles. The van der Waals surface area contributed by atoms with Gasteiger partial charge in [-0.3, -0.25) is 0 Å². The molecule has 0 atom stereocenters. The number of carboxylic acids is 1. The van der Waals surface area contributed by atoms with E-state index in [1.54, 1.807) is 24.3 Å². The molecule has 172 valence electrons. The van der Waals surface area contributed by atoms with Crippen LogP contribution in [0, 0.1) is 6.92 Å². The molecular formula is C26H21BrN2O5. The van der Waals surface area contributed by atoms with Crippen LogP contribution in [0.4, 0.5) is 0 Å². The van der Waals surface area contributed by atoms with Gasteiger partial charge >= 0.3 is 5.97 Å². The summed E-state index contributed by atoms with van der Waals surface area (Å²) < 4.78 is 12.5. The molecule has 0 amide bonds. The Hall–Kier alpha value is -3.91. The number of aryl methyl sites for hydroxylation is 1. The Bertz CT molecular complexity index is 1280. The molecule has 0 radical (unpaired) electrons. The Morgan fingerprint density at radius 2 is 1.71 bits per heavy atom. The van der Waals surface area contributed by atoms with Crippen molar-refractivity contribution >= 4 is 27.6 Å². The first-order valence-electron chi connectivity index (χ1n) is 10.4. The summed E-state index contributed by atoms with van der Waals surface area (Å²) >= 11 is 3.32. The number of halogens is 1. The summed E-state index contributed by atoms with van der Waals surface area (Å²) in [4.78, 5) is 21.3. The fraction of sp³-hybridized carbons (Fsp3) is 0.115. The number of carbonyl (C=O) groups is 1. The van der Waals surface area contributed by atoms with E-state index < -0.39 is 5.97 Å². The molecule has 0 aliphatic heterocycles. The zero-order valence-electron chi connectivity index (χ0n) is 18.3. The Morgan fingerprint density at radius 3 is 2.38 bits per heavy atom. The van der Waals surface area contributed by atoms with Crippen LogP contribution in [0.5, 0.6) is 5.75 Å². The number of ether oxygens (including phenoxy) is 1. The van der Waals surface area contributed by atoms with Crippen molar-refractivity contribution in [3.05, 3.63) is 106 Å². The summed E-state index contributed by atoms with van der Waals surface area (Å²) in [6.45, 7) is 2.26. The third-order valence-corrected chi connectivity index (χ3v) is 5.45. The molecule has 0 bridgehead atoms. The predicted octanol–water partition coefficient (Wildman–Crippen LogP) is 6.00. The third kappa shape index (κ3) is 5.90. The molecule has 1 aromatic heterocycles. The van der Waals surface area contributed by atoms with Crippen LogP contribution in [-0.4, -0.2) is 21.8 Å². The number of carboxylic acid groups (broad SMARTS) is 1. The Kier molecular flexibility index (Phi) is 7.39. The Balaban J connectivity index is 1.34. The molecule has 3 aromatic carbocycles. The minimum Gasteiger partial charge on any atom is -0.487 e. The molecule has 0 aliphatic carbocycles. The fourth-order valence-electron chi connectivity index (χ4n) is 3.09. The van der Waals surface area contributed by atoms with Gasteiger partial charge < -0.3 is 19.1 Å². The van der Waals surface area contributed by atoms with E-state index in [4.69, 9.17) is 14.0 Å². The molecule has 0 aliphatic rings. The van der Waals surface area contributed by atoms with Gasteiger partial charge in [0.1, 0.15) is 30.4 Å². The lowest BCUT2D eigenvalue weighted by molar-refractivity contribution is -0.129. The molecule has 0 unspecified atom stereocenters. The summed E-state index contributed by atoms with van der Waals surface area (Å²) in [6, 6.07) is 23.8. The van der Waals surface area contributed by atoms with E-state index >= 15 is 0 Å². The van der Waals surface area contributed by atoms with Crippen molar-refractivity contribution in [1.82, 2.24) is 4.98 Å². The summed E-state index contributed by atoms with van der Waals surface area (Å²) in [5.74, 6) is 0.775. The molecule has 8 heteroatoms. The summed E-state index contributed by atoms with van der Waals surface area (Å²) in [5.41, 5.74) is 2.76. The van der Waals surface area contributed by atoms with E-state index in [-0.39, 0.29) is 18.9 Å². The summed E-state index contributed by atoms with van der Waals surface area (Å²) in [5, 5.41) is 13.2. The highest BCUT2D eigenvalue weighted by molar-refractivity contribution is 9.10. The van der Waals surface area contributed by atoms with Crippen molar-refractivity contribution in [3.63, 3.8) is 0 Å². The molecule has 0 saturated heterocycles. The lowest BCUT2D eigenvalue weighted by atomic mass is 10.1. The van der Waals surface area contributed by atoms with Gasteiger partial charge in [0.2, 0.25) is 5.89 Å². The lowest BCUT2D eigenvalue weighted by Crippen LogP contribution is -2.15. The number of oxazole rings is 1. The van der Waals surface area contributed by atoms with Crippen molar-refractivity contribution in [2.24, 2.45) is 5.16 Å². The molecular weight excluding hydrogens is 500 g/mol. The second kappa shape index (κ2) is 10.8. The second-order valence-electron chi connectivity index (χ2n) is 7.35. The summed E-state index contributed by atoms with van der Waals surface area (Å²) in [7, 11) is 0. The van der Waals surface area contributed by atoms with E-state index in [1.165, 1.54) is 0 Å². The number of benzene rings is 3. The number of oxime groups is 1. The first kappa shape index (κ1) is 23.3. The van der Waals surface area contributed by atoms with Crippen LogP contribution in [0.1, 0.15) is 22.6 Å². The normalized spacial score (nSPS) is 11.3. The minimum atomic E-state index is -1.16. The molecule has 34 heavy (non-hydrogen) atoms. The van der Waals surface area contributed by atoms with Crippen LogP contribution in [0.3, 0.4) is 0 Å². The highest BCUT2D eigenvalue weighted by Gasteiger charge is 2.14. The highest BCUT2D eigenvalue weighted by atomic mass is 79.9. The largest absolute Gasteiger partial charge is 0.487 e. The molecule has 4 aromatic rings. The summed E-state index contributed by atoms with van der Waals surface area (Å²) in [6.07, 6.45) is 0. The molecule has 1 N–H and O–H groups in total. The van der Waals surface area contributed by atoms with Crippen LogP contribution in [0.25, 0.3) is 11.5 Å². The number of nitrogens with zero attached hydrogens (tertiary/aromatic N) is 2. The van der Waals surface area contributed by atoms with Crippen LogP contribution in [0.2, 0.25) is 0 Å². The van der Waals surface area contributed by atoms with E-state index in [2.05, 4.69) is 26.1 Å². The average molecular weight is 521 g/mol. The van der Waals surface area contributed by atoms with Crippen molar-refractivity contribution in [3.8, 4) is 17.2 Å². The van der Waals surface area contributed by atoms with Gasteiger partial charge in [0.05, 0.1) is 0 Å². The lowest BCUT2D eigenvalue weighted by Gasteiger charge is -2.06. The third-order valence-electron chi connectivity index (χ3n) is 4.92. The number of hydrogen-bond acceptors (Lipinski definition) is 6. The minimum absolute atomic E-state index is 0.121. The van der Waals surface area contributed by atoms with Crippen LogP contribution in [-0.2, 0) is 22.8 Å². The zero-order valence-corrected chi connectivity index (χ0v) is 19.9. The van der Waals surface area contributed by atoms with Gasteiger partial charge in [-0.25, -0.2) is 9.78 Å². The van der Waals surface area contributed by atoms with Crippen LogP contribution < -0.4 is 4.74 Å². The van der Waals surface area contributed by atoms with Gasteiger partial charge in [-0.2, -0.15) is 0 Å². The zero-order chi connectivity index (χ0) is 23.9. The SMILES string of the molecule is Cc1oc(-c2ccccc2)nc1COc1ccc(CON=C(C(=O)O)c2ccc(Br)cc2)cc1. The maximum absolute atomic E-state index is 11.5. The van der Waals surface area contributed by atoms with Gasteiger partial charge in [-0.1, -0.05) is 63.6 Å². The van der Waals surface area contributed by atoms with Crippen molar-refractivity contribution in [1.29, 1.82) is 0 Å². The quantitative estimate of drug-likeness (QED) is 0.215. The van der Waals surface area contributed by atoms with Crippen molar-refractivity contribution in [2.75, 3.05) is 0 Å². The molecule has 4 rings (SSSR count). The Labute approximate surface area is 204 Å². The first-order chi connectivity index (χ1) is 16.5. The Morgan fingerprint density at radius 1 is 1.00 bits per heavy atom. The molecule has 7 nitrogen and oxygen atoms in total. The number of aliphatic carboxylic acids is 1. The number of aromatic nitrogens is 1. The maximum atomic E-state index is 11.5. The molecule has 1 heterocycles. The molecule has 0 spiro atoms. The number of rotatable bonds is 9. The van der Waals surface area contributed by atoms with E-state index in [1.807, 2.05) is 61.5 Å². The second-order valence-corrected chi connectivity index (χ2v) is 8.26. The van der Waals surface area contributed by atoms with Gasteiger partial charge in [0, 0.05) is 15.6 Å². The van der Waals surface area contributed by atoms with Crippen molar-refractivity contribution in [2.45, 2.75) is 20.1 Å². The van der Waals surface area contributed by atoms with E-state index in [9.17, 15) is 9.90 Å².